The maximum Gasteiger partial charge on any atom is 0.391 e. The van der Waals surface area contributed by atoms with Crippen molar-refractivity contribution in [1.82, 2.24) is 0 Å². The molecule has 0 aromatic carbocycles. The van der Waals surface area contributed by atoms with E-state index in [1.165, 1.54) is 0 Å². The summed E-state index contributed by atoms with van der Waals surface area (Å²) in [6.07, 6.45) is 4.28. The van der Waals surface area contributed by atoms with E-state index in [4.69, 9.17) is 0 Å². The quantitative estimate of drug-likeness (QED) is 0.412. The van der Waals surface area contributed by atoms with Gasteiger partial charge in [0.1, 0.15) is 0 Å². The fourth-order valence-corrected chi connectivity index (χ4v) is 2.11. The van der Waals surface area contributed by atoms with Gasteiger partial charge in [0, 0.05) is 0 Å². The molecular formula is C14H27F3. The normalized spacial score (nSPS) is 12.4. The van der Waals surface area contributed by atoms with Crippen LogP contribution in [-0.4, -0.2) is 6.18 Å². The van der Waals surface area contributed by atoms with Crippen LogP contribution in [0.25, 0.3) is 0 Å². The summed E-state index contributed by atoms with van der Waals surface area (Å²) in [5, 5.41) is 0. The van der Waals surface area contributed by atoms with Gasteiger partial charge in [-0.05, 0) is 12.8 Å². The second-order valence-corrected chi connectivity index (χ2v) is 4.94. The van der Waals surface area contributed by atoms with Gasteiger partial charge in [0.25, 0.3) is 0 Å². The number of alkyl halides is 3. The zero-order chi connectivity index (χ0) is 13.1. The second-order valence-electron chi connectivity index (χ2n) is 4.94. The zero-order valence-corrected chi connectivity index (χ0v) is 11.3. The molecule has 3 heteroatoms. The van der Waals surface area contributed by atoms with Crippen LogP contribution in [0.1, 0.15) is 78.1 Å². The first-order chi connectivity index (χ1) is 8.02. The molecule has 17 heavy (non-hydrogen) atoms. The molecule has 0 rings (SSSR count). The molecule has 0 atom stereocenters. The highest BCUT2D eigenvalue weighted by atomic mass is 19.4. The Labute approximate surface area is 104 Å². The van der Waals surface area contributed by atoms with Crippen molar-refractivity contribution in [2.24, 2.45) is 5.92 Å². The lowest BCUT2D eigenvalue weighted by atomic mass is 9.94. The van der Waals surface area contributed by atoms with E-state index in [1.54, 1.807) is 0 Å². The van der Waals surface area contributed by atoms with E-state index in [2.05, 4.69) is 13.8 Å². The van der Waals surface area contributed by atoms with Crippen molar-refractivity contribution in [3.63, 3.8) is 0 Å². The Morgan fingerprint density at radius 3 is 1.41 bits per heavy atom. The zero-order valence-electron chi connectivity index (χ0n) is 11.3. The predicted molar refractivity (Wildman–Crippen MR) is 67.1 cm³/mol. The largest absolute Gasteiger partial charge is 0.391 e. The van der Waals surface area contributed by atoms with E-state index in [1.807, 2.05) is 0 Å². The summed E-state index contributed by atoms with van der Waals surface area (Å²) in [7, 11) is 0. The highest BCUT2D eigenvalue weighted by molar-refractivity contribution is 4.68. The van der Waals surface area contributed by atoms with Crippen LogP contribution in [0.4, 0.5) is 13.2 Å². The molecule has 0 aromatic heterocycles. The van der Waals surface area contributed by atoms with Gasteiger partial charge < -0.3 is 0 Å². The van der Waals surface area contributed by atoms with E-state index in [9.17, 15) is 13.2 Å². The van der Waals surface area contributed by atoms with Crippen molar-refractivity contribution in [2.75, 3.05) is 0 Å². The summed E-state index contributed by atoms with van der Waals surface area (Å²) in [4.78, 5) is 0. The number of hydrogen-bond acceptors (Lipinski definition) is 0. The molecule has 0 radical (unpaired) electrons. The average Bonchev–Trinajstić information content (AvgIpc) is 2.25. The molecular weight excluding hydrogens is 225 g/mol. The fraction of sp³-hybridized carbons (Fsp3) is 1.00. The standard InChI is InChI=1S/C14H27F3/c1-3-5-7-9-11-13(14(15,16)17)12-10-8-6-4-2/h13H,3-12H2,1-2H3. The third kappa shape index (κ3) is 9.49. The fourth-order valence-electron chi connectivity index (χ4n) is 2.11. The summed E-state index contributed by atoms with van der Waals surface area (Å²) in [6, 6.07) is 0. The monoisotopic (exact) mass is 252 g/mol. The summed E-state index contributed by atoms with van der Waals surface area (Å²) < 4.78 is 38.2. The molecule has 0 saturated heterocycles. The van der Waals surface area contributed by atoms with Crippen LogP contribution in [0.2, 0.25) is 0 Å². The first kappa shape index (κ1) is 16.8. The van der Waals surface area contributed by atoms with Crippen molar-refractivity contribution < 1.29 is 13.2 Å². The van der Waals surface area contributed by atoms with Gasteiger partial charge in [-0.1, -0.05) is 65.2 Å². The number of rotatable bonds is 10. The lowest BCUT2D eigenvalue weighted by molar-refractivity contribution is -0.178. The minimum Gasteiger partial charge on any atom is -0.171 e. The Bertz CT molecular complexity index is 151. The Morgan fingerprint density at radius 2 is 1.12 bits per heavy atom. The summed E-state index contributed by atoms with van der Waals surface area (Å²) in [5.41, 5.74) is 0. The Hall–Kier alpha value is -0.210. The van der Waals surface area contributed by atoms with Crippen molar-refractivity contribution >= 4 is 0 Å². The molecule has 0 aliphatic heterocycles. The third-order valence-corrected chi connectivity index (χ3v) is 3.28. The smallest absolute Gasteiger partial charge is 0.171 e. The second kappa shape index (κ2) is 9.78. The van der Waals surface area contributed by atoms with Gasteiger partial charge in [0.2, 0.25) is 0 Å². The van der Waals surface area contributed by atoms with E-state index >= 15 is 0 Å². The molecule has 0 nitrogen and oxygen atoms in total. The van der Waals surface area contributed by atoms with Gasteiger partial charge in [-0.3, -0.25) is 0 Å². The molecule has 0 fully saturated rings. The molecule has 0 N–H and O–H groups in total. The number of unbranched alkanes of at least 4 members (excludes halogenated alkanes) is 6. The lowest BCUT2D eigenvalue weighted by Gasteiger charge is -2.20. The van der Waals surface area contributed by atoms with Crippen LogP contribution < -0.4 is 0 Å². The van der Waals surface area contributed by atoms with Gasteiger partial charge >= 0.3 is 6.18 Å². The van der Waals surface area contributed by atoms with Crippen molar-refractivity contribution in [3.8, 4) is 0 Å². The first-order valence-electron chi connectivity index (χ1n) is 7.09. The van der Waals surface area contributed by atoms with Gasteiger partial charge in [-0.2, -0.15) is 13.2 Å². The Balaban J connectivity index is 3.81. The van der Waals surface area contributed by atoms with E-state index in [0.29, 0.717) is 12.8 Å². The SMILES string of the molecule is CCCCCCC(CCCCCC)C(F)(F)F. The van der Waals surface area contributed by atoms with Gasteiger partial charge in [-0.25, -0.2) is 0 Å². The topological polar surface area (TPSA) is 0 Å². The summed E-state index contributed by atoms with van der Waals surface area (Å²) in [5.74, 6) is -1.06. The molecule has 0 aromatic rings. The number of halogens is 3. The third-order valence-electron chi connectivity index (χ3n) is 3.28. The van der Waals surface area contributed by atoms with Crippen LogP contribution >= 0.6 is 0 Å². The van der Waals surface area contributed by atoms with Crippen LogP contribution in [0, 0.1) is 5.92 Å². The molecule has 0 amide bonds. The maximum atomic E-state index is 12.7. The van der Waals surface area contributed by atoms with Crippen molar-refractivity contribution in [3.05, 3.63) is 0 Å². The van der Waals surface area contributed by atoms with E-state index in [-0.39, 0.29) is 0 Å². The maximum absolute atomic E-state index is 12.7. The predicted octanol–water partition coefficient (Wildman–Crippen LogP) is 6.11. The molecule has 104 valence electrons. The van der Waals surface area contributed by atoms with E-state index in [0.717, 1.165) is 51.4 Å². The summed E-state index contributed by atoms with van der Waals surface area (Å²) in [6.45, 7) is 4.15. The van der Waals surface area contributed by atoms with Crippen LogP contribution in [0.5, 0.6) is 0 Å². The molecule has 0 bridgehead atoms. The van der Waals surface area contributed by atoms with Crippen molar-refractivity contribution in [2.45, 2.75) is 84.2 Å². The average molecular weight is 252 g/mol. The van der Waals surface area contributed by atoms with Crippen LogP contribution in [-0.2, 0) is 0 Å². The highest BCUT2D eigenvalue weighted by Gasteiger charge is 2.38. The van der Waals surface area contributed by atoms with E-state index < -0.39 is 12.1 Å². The molecule has 0 heterocycles. The van der Waals surface area contributed by atoms with Crippen LogP contribution in [0.15, 0.2) is 0 Å². The summed E-state index contributed by atoms with van der Waals surface area (Å²) >= 11 is 0. The van der Waals surface area contributed by atoms with Crippen molar-refractivity contribution in [1.29, 1.82) is 0 Å². The molecule has 0 aliphatic rings. The van der Waals surface area contributed by atoms with Crippen LogP contribution in [0.3, 0.4) is 0 Å². The molecule has 0 unspecified atom stereocenters. The Morgan fingerprint density at radius 1 is 0.706 bits per heavy atom. The highest BCUT2D eigenvalue weighted by Crippen LogP contribution is 2.34. The first-order valence-corrected chi connectivity index (χ1v) is 7.09. The minimum absolute atomic E-state index is 0.329. The van der Waals surface area contributed by atoms with Gasteiger partial charge in [0.05, 0.1) is 5.92 Å². The lowest BCUT2D eigenvalue weighted by Crippen LogP contribution is -2.22. The minimum atomic E-state index is -3.99. The van der Waals surface area contributed by atoms with Gasteiger partial charge in [0.15, 0.2) is 0 Å². The number of hydrogen-bond donors (Lipinski definition) is 0. The molecule has 0 aliphatic carbocycles. The van der Waals surface area contributed by atoms with Gasteiger partial charge in [-0.15, -0.1) is 0 Å². The molecule has 0 saturated carbocycles. The Kier molecular flexibility index (Phi) is 9.66. The molecule has 0 spiro atoms.